The predicted molar refractivity (Wildman–Crippen MR) is 121 cm³/mol. The lowest BCUT2D eigenvalue weighted by Gasteiger charge is -2.60. The van der Waals surface area contributed by atoms with E-state index in [9.17, 15) is 9.59 Å². The minimum absolute atomic E-state index is 0.0539. The van der Waals surface area contributed by atoms with Crippen LogP contribution in [0, 0.1) is 41.4 Å². The molecule has 0 saturated heterocycles. The first-order valence-corrected chi connectivity index (χ1v) is 11.9. The Bertz CT molecular complexity index is 925. The summed E-state index contributed by atoms with van der Waals surface area (Å²) in [6.07, 6.45) is 12.4. The van der Waals surface area contributed by atoms with Gasteiger partial charge in [0, 0.05) is 30.6 Å². The van der Waals surface area contributed by atoms with Crippen LogP contribution in [0.5, 0.6) is 0 Å². The molecule has 2 heterocycles. The molecule has 3 saturated carbocycles. The van der Waals surface area contributed by atoms with Crippen LogP contribution in [-0.2, 0) is 9.59 Å². The van der Waals surface area contributed by atoms with Gasteiger partial charge in [-0.3, -0.25) is 9.59 Å². The fraction of sp³-hybridized carbons (Fsp3) is 0.654. The van der Waals surface area contributed by atoms with E-state index in [-0.39, 0.29) is 28.6 Å². The van der Waals surface area contributed by atoms with Crippen molar-refractivity contribution in [3.63, 3.8) is 0 Å². The highest BCUT2D eigenvalue weighted by atomic mass is 16.2. The Morgan fingerprint density at radius 3 is 2.68 bits per heavy atom. The number of amides is 2. The van der Waals surface area contributed by atoms with Crippen LogP contribution >= 0.6 is 0 Å². The van der Waals surface area contributed by atoms with E-state index in [1.54, 1.807) is 12.3 Å². The van der Waals surface area contributed by atoms with Crippen LogP contribution in [0.2, 0.25) is 0 Å². The van der Waals surface area contributed by atoms with Crippen LogP contribution < -0.4 is 5.32 Å². The Balaban J connectivity index is 1.37. The first-order chi connectivity index (χ1) is 14.7. The first-order valence-electron chi connectivity index (χ1n) is 11.9. The number of aromatic nitrogens is 1. The number of nitrogens with zero attached hydrogens (tertiary/aromatic N) is 2. The van der Waals surface area contributed by atoms with E-state index < -0.39 is 0 Å². The van der Waals surface area contributed by atoms with Crippen molar-refractivity contribution < 1.29 is 9.59 Å². The summed E-state index contributed by atoms with van der Waals surface area (Å²) >= 11 is 0. The number of carbonyl (C=O) groups is 2. The number of hydrogen-bond acceptors (Lipinski definition) is 3. The molecule has 1 N–H and O–H groups in total. The highest BCUT2D eigenvalue weighted by Gasteiger charge is 2.61. The average Bonchev–Trinajstić information content (AvgIpc) is 3.10. The maximum absolute atomic E-state index is 13.3. The second-order valence-corrected chi connectivity index (χ2v) is 11.0. The van der Waals surface area contributed by atoms with Crippen LogP contribution in [0.4, 0.5) is 5.82 Å². The van der Waals surface area contributed by atoms with E-state index in [1.165, 1.54) is 6.42 Å². The number of aryl methyl sites for hydroxylation is 1. The van der Waals surface area contributed by atoms with Gasteiger partial charge >= 0.3 is 0 Å². The van der Waals surface area contributed by atoms with E-state index in [4.69, 9.17) is 0 Å². The van der Waals surface area contributed by atoms with Crippen LogP contribution in [0.3, 0.4) is 0 Å². The van der Waals surface area contributed by atoms with Crippen LogP contribution in [0.1, 0.15) is 57.9 Å². The molecular formula is C26H35N3O2. The number of anilines is 1. The Morgan fingerprint density at radius 2 is 1.94 bits per heavy atom. The zero-order valence-corrected chi connectivity index (χ0v) is 19.2. The largest absolute Gasteiger partial charge is 0.338 e. The van der Waals surface area contributed by atoms with Crippen molar-refractivity contribution >= 4 is 17.6 Å². The molecule has 2 amide bonds. The van der Waals surface area contributed by atoms with Gasteiger partial charge in [0.05, 0.1) is 0 Å². The summed E-state index contributed by atoms with van der Waals surface area (Å²) in [5.74, 6) is 2.81. The lowest BCUT2D eigenvalue weighted by Crippen LogP contribution is -2.59. The zero-order chi connectivity index (χ0) is 22.0. The van der Waals surface area contributed by atoms with Crippen LogP contribution in [0.15, 0.2) is 30.5 Å². The molecule has 0 aromatic carbocycles. The zero-order valence-electron chi connectivity index (χ0n) is 19.2. The van der Waals surface area contributed by atoms with Gasteiger partial charge in [-0.15, -0.1) is 0 Å². The van der Waals surface area contributed by atoms with Crippen molar-refractivity contribution in [2.75, 3.05) is 12.4 Å². The summed E-state index contributed by atoms with van der Waals surface area (Å²) in [6.45, 7) is 6.75. The van der Waals surface area contributed by atoms with Crippen molar-refractivity contribution in [1.82, 2.24) is 9.88 Å². The first kappa shape index (κ1) is 20.7. The van der Waals surface area contributed by atoms with E-state index in [2.05, 4.69) is 30.2 Å². The van der Waals surface area contributed by atoms with Gasteiger partial charge in [0.25, 0.3) is 0 Å². The molecule has 1 aromatic heterocycles. The monoisotopic (exact) mass is 421 g/mol. The summed E-state index contributed by atoms with van der Waals surface area (Å²) in [7, 11) is 1.97. The maximum Gasteiger partial charge on any atom is 0.246 e. The predicted octanol–water partition coefficient (Wildman–Crippen LogP) is 4.58. The van der Waals surface area contributed by atoms with Gasteiger partial charge in [0.1, 0.15) is 5.82 Å². The van der Waals surface area contributed by atoms with E-state index in [1.807, 2.05) is 31.0 Å². The Hall–Kier alpha value is -2.17. The van der Waals surface area contributed by atoms with Gasteiger partial charge in [0.2, 0.25) is 11.8 Å². The quantitative estimate of drug-likeness (QED) is 0.760. The fourth-order valence-electron chi connectivity index (χ4n) is 7.92. The lowest BCUT2D eigenvalue weighted by atomic mass is 9.47. The number of hydrogen-bond donors (Lipinski definition) is 1. The molecule has 1 aromatic rings. The van der Waals surface area contributed by atoms with Crippen molar-refractivity contribution in [2.24, 2.45) is 34.5 Å². The molecule has 166 valence electrons. The standard InChI is InChI=1S/C26H35N3O2/c1-16-5-10-22(27-15-16)28-24(31)20-8-7-18-17-6-9-21-26(3,14-12-23(30)29(21)4)19(17)11-13-25(18,20)2/h5,10,12,14-15,17-21H,6-9,11,13H2,1-4H3,(H,27,28,31)/t17-,18-,19+,20?,21?,25-,26+/m0/s1. The number of nitrogens with one attached hydrogen (secondary N) is 1. The fourth-order valence-corrected chi connectivity index (χ4v) is 7.92. The van der Waals surface area contributed by atoms with Crippen molar-refractivity contribution in [1.29, 1.82) is 0 Å². The maximum atomic E-state index is 13.3. The summed E-state index contributed by atoms with van der Waals surface area (Å²) in [5.41, 5.74) is 1.20. The van der Waals surface area contributed by atoms with Gasteiger partial charge in [0.15, 0.2) is 0 Å². The number of rotatable bonds is 2. The number of pyridine rings is 1. The third kappa shape index (κ3) is 3.07. The second kappa shape index (κ2) is 7.18. The van der Waals surface area contributed by atoms with E-state index in [0.717, 1.165) is 37.7 Å². The van der Waals surface area contributed by atoms with Gasteiger partial charge in [-0.25, -0.2) is 4.98 Å². The van der Waals surface area contributed by atoms with E-state index >= 15 is 0 Å². The number of likely N-dealkylation sites (N-methyl/N-ethyl adjacent to an activating group) is 1. The summed E-state index contributed by atoms with van der Waals surface area (Å²) in [5, 5.41) is 3.10. The van der Waals surface area contributed by atoms with Crippen LogP contribution in [-0.4, -0.2) is 34.8 Å². The van der Waals surface area contributed by atoms with Gasteiger partial charge in [-0.1, -0.05) is 26.0 Å². The molecule has 3 fully saturated rings. The molecular weight excluding hydrogens is 386 g/mol. The summed E-state index contributed by atoms with van der Waals surface area (Å²) in [4.78, 5) is 31.9. The minimum atomic E-state index is 0.0539. The molecule has 5 nitrogen and oxygen atoms in total. The second-order valence-electron chi connectivity index (χ2n) is 11.0. The van der Waals surface area contributed by atoms with Gasteiger partial charge in [-0.05, 0) is 86.3 Å². The third-order valence-corrected chi connectivity index (χ3v) is 9.61. The van der Waals surface area contributed by atoms with Gasteiger partial charge < -0.3 is 10.2 Å². The Kier molecular flexibility index (Phi) is 4.80. The molecule has 5 rings (SSSR count). The molecule has 5 heteroatoms. The molecule has 3 aliphatic carbocycles. The molecule has 1 aliphatic heterocycles. The molecule has 4 aliphatic rings. The Labute approximate surface area is 185 Å². The van der Waals surface area contributed by atoms with Crippen LogP contribution in [0.25, 0.3) is 0 Å². The minimum Gasteiger partial charge on any atom is -0.338 e. The Morgan fingerprint density at radius 1 is 1.13 bits per heavy atom. The van der Waals surface area contributed by atoms with Crippen molar-refractivity contribution in [3.05, 3.63) is 36.0 Å². The molecule has 2 unspecified atom stereocenters. The smallest absolute Gasteiger partial charge is 0.246 e. The SMILES string of the molecule is Cc1ccc(NC(=O)C2CC[C@H]3[C@@H]4CCC5N(C)C(=O)C=C[C@]5(C)[C@@H]4CC[C@]23C)nc1. The van der Waals surface area contributed by atoms with E-state index in [0.29, 0.717) is 29.6 Å². The lowest BCUT2D eigenvalue weighted by molar-refractivity contribution is -0.141. The average molecular weight is 422 g/mol. The van der Waals surface area contributed by atoms with Crippen molar-refractivity contribution in [2.45, 2.75) is 65.3 Å². The summed E-state index contributed by atoms with van der Waals surface area (Å²) in [6, 6.07) is 4.20. The number of fused-ring (bicyclic) bond motifs is 5. The highest BCUT2D eigenvalue weighted by molar-refractivity contribution is 5.92. The molecule has 0 radical (unpaired) electrons. The molecule has 0 spiro atoms. The molecule has 7 atom stereocenters. The highest BCUT2D eigenvalue weighted by Crippen LogP contribution is 2.65. The molecule has 0 bridgehead atoms. The summed E-state index contributed by atoms with van der Waals surface area (Å²) < 4.78 is 0. The normalized spacial score (nSPS) is 41.4. The third-order valence-electron chi connectivity index (χ3n) is 9.61. The topological polar surface area (TPSA) is 62.3 Å². The number of carbonyl (C=O) groups excluding carboxylic acids is 2. The van der Waals surface area contributed by atoms with Gasteiger partial charge in [-0.2, -0.15) is 0 Å². The molecule has 31 heavy (non-hydrogen) atoms. The van der Waals surface area contributed by atoms with Crippen molar-refractivity contribution in [3.8, 4) is 0 Å².